The van der Waals surface area contributed by atoms with E-state index in [9.17, 15) is 10.1 Å². The third kappa shape index (κ3) is 3.88. The smallest absolute Gasteiger partial charge is 0.323 e. The summed E-state index contributed by atoms with van der Waals surface area (Å²) in [5.74, 6) is 0.353. The third-order valence-corrected chi connectivity index (χ3v) is 4.80. The molecular formula is C17H14N6O5S. The molecule has 0 spiro atoms. The highest BCUT2D eigenvalue weighted by atomic mass is 32.2. The van der Waals surface area contributed by atoms with Gasteiger partial charge in [0.1, 0.15) is 5.69 Å². The lowest BCUT2D eigenvalue weighted by Crippen LogP contribution is -2.06. The van der Waals surface area contributed by atoms with Gasteiger partial charge in [0.2, 0.25) is 11.4 Å². The Balaban J connectivity index is 1.70. The molecule has 0 unspecified atom stereocenters. The Kier molecular flexibility index (Phi) is 5.35. The summed E-state index contributed by atoms with van der Waals surface area (Å²) in [6, 6.07) is 10.8. The summed E-state index contributed by atoms with van der Waals surface area (Å²) >= 11 is 1.10. The summed E-state index contributed by atoms with van der Waals surface area (Å²) in [6.07, 6.45) is 0.429. The van der Waals surface area contributed by atoms with E-state index in [-0.39, 0.29) is 34.2 Å². The fraction of sp³-hybridized carbons (Fsp3) is 0.176. The molecular weight excluding hydrogens is 400 g/mol. The van der Waals surface area contributed by atoms with E-state index >= 15 is 0 Å². The number of nitro benzene ring substituents is 1. The summed E-state index contributed by atoms with van der Waals surface area (Å²) < 4.78 is 10.4. The first-order valence-corrected chi connectivity index (χ1v) is 9.34. The molecule has 29 heavy (non-hydrogen) atoms. The van der Waals surface area contributed by atoms with Crippen molar-refractivity contribution in [3.63, 3.8) is 0 Å². The second-order valence-electron chi connectivity index (χ2n) is 5.83. The van der Waals surface area contributed by atoms with E-state index in [1.54, 1.807) is 6.07 Å². The van der Waals surface area contributed by atoms with Crippen LogP contribution >= 0.6 is 11.8 Å². The lowest BCUT2D eigenvalue weighted by atomic mass is 10.2. The highest BCUT2D eigenvalue weighted by molar-refractivity contribution is 7.99. The van der Waals surface area contributed by atoms with Gasteiger partial charge in [-0.15, -0.1) is 10.2 Å². The number of benzene rings is 2. The maximum absolute atomic E-state index is 11.6. The number of aromatic nitrogens is 4. The highest BCUT2D eigenvalue weighted by Gasteiger charge is 2.27. The van der Waals surface area contributed by atoms with Gasteiger partial charge in [0.15, 0.2) is 5.52 Å². The van der Waals surface area contributed by atoms with Gasteiger partial charge >= 0.3 is 5.69 Å². The van der Waals surface area contributed by atoms with Crippen LogP contribution < -0.4 is 5.32 Å². The summed E-state index contributed by atoms with van der Waals surface area (Å²) in [5, 5.41) is 39.2. The van der Waals surface area contributed by atoms with Crippen LogP contribution in [0.25, 0.3) is 22.5 Å². The molecule has 12 heteroatoms. The van der Waals surface area contributed by atoms with Crippen molar-refractivity contribution >= 4 is 34.2 Å². The van der Waals surface area contributed by atoms with Crippen LogP contribution in [0.1, 0.15) is 6.42 Å². The normalized spacial score (nSPS) is 11.1. The monoisotopic (exact) mass is 414 g/mol. The number of nitrogens with zero attached hydrogens (tertiary/aromatic N) is 5. The van der Waals surface area contributed by atoms with Gasteiger partial charge in [0.25, 0.3) is 5.22 Å². The second-order valence-corrected chi connectivity index (χ2v) is 6.83. The maximum atomic E-state index is 11.6. The number of fused-ring (bicyclic) bond motifs is 1. The number of aliphatic hydroxyl groups is 1. The van der Waals surface area contributed by atoms with Crippen LogP contribution in [0.4, 0.5) is 11.4 Å². The topological polar surface area (TPSA) is 153 Å². The van der Waals surface area contributed by atoms with Crippen molar-refractivity contribution in [3.8, 4) is 11.5 Å². The zero-order valence-electron chi connectivity index (χ0n) is 14.8. The van der Waals surface area contributed by atoms with Crippen molar-refractivity contribution in [1.29, 1.82) is 0 Å². The summed E-state index contributed by atoms with van der Waals surface area (Å²) in [6.45, 7) is 0.303. The standard InChI is InChI=1S/C17H14N6O5S/c24-8-4-7-18-11-9-12(13-14(22-28-21-13)15(11)23(25)26)29-17-20-19-16(27-17)10-5-2-1-3-6-10/h1-3,5-6,9,18,24H,4,7-8H2. The molecule has 0 saturated heterocycles. The van der Waals surface area contributed by atoms with Crippen molar-refractivity contribution in [2.24, 2.45) is 0 Å². The summed E-state index contributed by atoms with van der Waals surface area (Å²) in [5.41, 5.74) is 0.981. The molecule has 2 aromatic heterocycles. The molecule has 148 valence electrons. The quantitative estimate of drug-likeness (QED) is 0.248. The van der Waals surface area contributed by atoms with E-state index in [4.69, 9.17) is 14.2 Å². The van der Waals surface area contributed by atoms with Gasteiger partial charge in [-0.3, -0.25) is 10.1 Å². The maximum Gasteiger partial charge on any atom is 0.323 e. The Bertz CT molecular complexity index is 1150. The summed E-state index contributed by atoms with van der Waals surface area (Å²) in [7, 11) is 0. The third-order valence-electron chi connectivity index (χ3n) is 3.93. The molecule has 0 fully saturated rings. The Morgan fingerprint density at radius 2 is 1.97 bits per heavy atom. The number of hydrogen-bond donors (Lipinski definition) is 2. The minimum atomic E-state index is -0.553. The summed E-state index contributed by atoms with van der Waals surface area (Å²) in [4.78, 5) is 11.5. The highest BCUT2D eigenvalue weighted by Crippen LogP contribution is 2.40. The molecule has 4 rings (SSSR count). The van der Waals surface area contributed by atoms with Gasteiger partial charge in [-0.1, -0.05) is 18.2 Å². The van der Waals surface area contributed by atoms with E-state index in [2.05, 4.69) is 25.8 Å². The number of nitro groups is 1. The molecule has 11 nitrogen and oxygen atoms in total. The van der Waals surface area contributed by atoms with Crippen LogP contribution in [-0.2, 0) is 0 Å². The molecule has 0 radical (unpaired) electrons. The lowest BCUT2D eigenvalue weighted by molar-refractivity contribution is -0.382. The largest absolute Gasteiger partial charge is 0.411 e. The predicted molar refractivity (Wildman–Crippen MR) is 103 cm³/mol. The number of anilines is 1. The molecule has 0 atom stereocenters. The second kappa shape index (κ2) is 8.24. The van der Waals surface area contributed by atoms with Crippen molar-refractivity contribution in [2.75, 3.05) is 18.5 Å². The van der Waals surface area contributed by atoms with E-state index in [1.165, 1.54) is 0 Å². The molecule has 0 bridgehead atoms. The van der Waals surface area contributed by atoms with Crippen LogP contribution in [0.5, 0.6) is 0 Å². The Morgan fingerprint density at radius 1 is 1.17 bits per heavy atom. The van der Waals surface area contributed by atoms with E-state index in [1.807, 2.05) is 30.3 Å². The molecule has 2 N–H and O–H groups in total. The fourth-order valence-corrected chi connectivity index (χ4v) is 3.44. The zero-order chi connectivity index (χ0) is 20.2. The molecule has 2 aromatic carbocycles. The average Bonchev–Trinajstić information content (AvgIpc) is 3.38. The Morgan fingerprint density at radius 3 is 2.72 bits per heavy atom. The number of rotatable bonds is 8. The minimum absolute atomic E-state index is 0.00861. The fourth-order valence-electron chi connectivity index (χ4n) is 2.64. The molecule has 0 amide bonds. The van der Waals surface area contributed by atoms with E-state index < -0.39 is 4.92 Å². The molecule has 2 heterocycles. The number of aliphatic hydroxyl groups excluding tert-OH is 1. The van der Waals surface area contributed by atoms with Crippen LogP contribution in [0.2, 0.25) is 0 Å². The SMILES string of the molecule is O=[N+]([O-])c1c(NCCCO)cc(Sc2nnc(-c3ccccc3)o2)c2nonc12. The van der Waals surface area contributed by atoms with Crippen LogP contribution in [0.15, 0.2) is 55.6 Å². The first-order valence-electron chi connectivity index (χ1n) is 8.52. The number of nitrogens with one attached hydrogen (secondary N) is 1. The molecule has 0 saturated carbocycles. The van der Waals surface area contributed by atoms with Crippen molar-refractivity contribution in [1.82, 2.24) is 20.5 Å². The van der Waals surface area contributed by atoms with Gasteiger partial charge in [0.05, 0.1) is 9.82 Å². The van der Waals surface area contributed by atoms with Gasteiger partial charge in [0, 0.05) is 18.7 Å². The van der Waals surface area contributed by atoms with Crippen molar-refractivity contribution < 1.29 is 19.1 Å². The molecule has 0 aliphatic carbocycles. The first-order chi connectivity index (χ1) is 14.2. The molecule has 0 aliphatic rings. The molecule has 0 aliphatic heterocycles. The average molecular weight is 414 g/mol. The lowest BCUT2D eigenvalue weighted by Gasteiger charge is -2.08. The van der Waals surface area contributed by atoms with Gasteiger partial charge in [-0.25, -0.2) is 4.63 Å². The molecule has 4 aromatic rings. The van der Waals surface area contributed by atoms with Gasteiger partial charge < -0.3 is 14.8 Å². The Hall–Kier alpha value is -3.51. The van der Waals surface area contributed by atoms with Crippen LogP contribution in [0, 0.1) is 10.1 Å². The zero-order valence-corrected chi connectivity index (χ0v) is 15.6. The first kappa shape index (κ1) is 18.8. The van der Waals surface area contributed by atoms with Crippen molar-refractivity contribution in [3.05, 3.63) is 46.5 Å². The number of hydrogen-bond acceptors (Lipinski definition) is 11. The van der Waals surface area contributed by atoms with Crippen molar-refractivity contribution in [2.45, 2.75) is 16.5 Å². The van der Waals surface area contributed by atoms with Crippen LogP contribution in [0.3, 0.4) is 0 Å². The minimum Gasteiger partial charge on any atom is -0.411 e. The predicted octanol–water partition coefficient (Wildman–Crippen LogP) is 3.13. The van der Waals surface area contributed by atoms with Gasteiger partial charge in [-0.2, -0.15) is 0 Å². The Labute approximate surface area is 167 Å². The van der Waals surface area contributed by atoms with E-state index in [0.29, 0.717) is 23.8 Å². The van der Waals surface area contributed by atoms with Crippen LogP contribution in [-0.4, -0.2) is 43.7 Å². The van der Waals surface area contributed by atoms with Gasteiger partial charge in [-0.05, 0) is 46.7 Å². The van der Waals surface area contributed by atoms with E-state index in [0.717, 1.165) is 17.3 Å².